The van der Waals surface area contributed by atoms with Crippen LogP contribution in [0.5, 0.6) is 5.75 Å². The van der Waals surface area contributed by atoms with Gasteiger partial charge in [0, 0.05) is 0 Å². The standard InChI is InChI=1S/C14H18O3/c1-9-10(6-5-7-11(9)17-4)14(12(15)16)8-13(14,2)3/h5-7H,8H2,1-4H3,(H,15,16). The maximum atomic E-state index is 11.6. The Morgan fingerprint density at radius 3 is 2.41 bits per heavy atom. The first-order valence-electron chi connectivity index (χ1n) is 5.74. The zero-order chi connectivity index (χ0) is 12.8. The van der Waals surface area contributed by atoms with Crippen molar-refractivity contribution in [1.29, 1.82) is 0 Å². The van der Waals surface area contributed by atoms with Crippen LogP contribution in [-0.4, -0.2) is 18.2 Å². The Hall–Kier alpha value is -1.51. The Morgan fingerprint density at radius 2 is 2.00 bits per heavy atom. The molecular formula is C14H18O3. The summed E-state index contributed by atoms with van der Waals surface area (Å²) >= 11 is 0. The van der Waals surface area contributed by atoms with Gasteiger partial charge in [-0.05, 0) is 36.0 Å². The van der Waals surface area contributed by atoms with E-state index in [1.807, 2.05) is 39.0 Å². The van der Waals surface area contributed by atoms with Crippen LogP contribution in [0.15, 0.2) is 18.2 Å². The van der Waals surface area contributed by atoms with Gasteiger partial charge in [0.15, 0.2) is 0 Å². The molecule has 17 heavy (non-hydrogen) atoms. The van der Waals surface area contributed by atoms with Gasteiger partial charge in [-0.2, -0.15) is 0 Å². The fraction of sp³-hybridized carbons (Fsp3) is 0.500. The largest absolute Gasteiger partial charge is 0.496 e. The van der Waals surface area contributed by atoms with Crippen LogP contribution in [0.4, 0.5) is 0 Å². The zero-order valence-electron chi connectivity index (χ0n) is 10.7. The Balaban J connectivity index is 2.58. The minimum atomic E-state index is -0.744. The molecule has 0 aliphatic heterocycles. The second-order valence-corrected chi connectivity index (χ2v) is 5.40. The maximum absolute atomic E-state index is 11.6. The molecule has 0 saturated heterocycles. The van der Waals surface area contributed by atoms with Gasteiger partial charge in [0.2, 0.25) is 0 Å². The maximum Gasteiger partial charge on any atom is 0.314 e. The second-order valence-electron chi connectivity index (χ2n) is 5.40. The number of rotatable bonds is 3. The molecule has 0 amide bonds. The van der Waals surface area contributed by atoms with Gasteiger partial charge in [0.1, 0.15) is 5.75 Å². The van der Waals surface area contributed by atoms with E-state index in [9.17, 15) is 9.90 Å². The zero-order valence-corrected chi connectivity index (χ0v) is 10.7. The molecule has 1 aromatic carbocycles. The Kier molecular flexibility index (Phi) is 2.45. The third-order valence-corrected chi connectivity index (χ3v) is 4.07. The van der Waals surface area contributed by atoms with Crippen LogP contribution in [0, 0.1) is 12.3 Å². The molecule has 1 N–H and O–H groups in total. The lowest BCUT2D eigenvalue weighted by Crippen LogP contribution is -2.26. The van der Waals surface area contributed by atoms with E-state index >= 15 is 0 Å². The van der Waals surface area contributed by atoms with Crippen LogP contribution >= 0.6 is 0 Å². The highest BCUT2D eigenvalue weighted by Gasteiger charge is 2.68. The number of benzene rings is 1. The van der Waals surface area contributed by atoms with Crippen LogP contribution in [0.25, 0.3) is 0 Å². The van der Waals surface area contributed by atoms with E-state index < -0.39 is 11.4 Å². The highest BCUT2D eigenvalue weighted by Crippen LogP contribution is 2.65. The number of carboxylic acids is 1. The summed E-state index contributed by atoms with van der Waals surface area (Å²) in [7, 11) is 1.61. The van der Waals surface area contributed by atoms with Gasteiger partial charge in [-0.25, -0.2) is 0 Å². The molecule has 3 nitrogen and oxygen atoms in total. The number of aliphatic carboxylic acids is 1. The third kappa shape index (κ3) is 1.45. The number of carbonyl (C=O) groups is 1. The molecule has 1 unspecified atom stereocenters. The second kappa shape index (κ2) is 3.49. The van der Waals surface area contributed by atoms with E-state index in [4.69, 9.17) is 4.74 Å². The quantitative estimate of drug-likeness (QED) is 0.874. The molecule has 1 aromatic rings. The van der Waals surface area contributed by atoms with E-state index in [-0.39, 0.29) is 5.41 Å². The van der Waals surface area contributed by atoms with E-state index in [1.165, 1.54) is 0 Å². The van der Waals surface area contributed by atoms with E-state index in [0.717, 1.165) is 16.9 Å². The summed E-state index contributed by atoms with van der Waals surface area (Å²) in [5.41, 5.74) is 0.888. The lowest BCUT2D eigenvalue weighted by Gasteiger charge is -2.20. The number of hydrogen-bond donors (Lipinski definition) is 1. The first-order valence-corrected chi connectivity index (χ1v) is 5.74. The van der Waals surface area contributed by atoms with Gasteiger partial charge in [-0.15, -0.1) is 0 Å². The van der Waals surface area contributed by atoms with Crippen molar-refractivity contribution in [2.75, 3.05) is 7.11 Å². The smallest absolute Gasteiger partial charge is 0.314 e. The van der Waals surface area contributed by atoms with Crippen LogP contribution in [-0.2, 0) is 10.2 Å². The van der Waals surface area contributed by atoms with Crippen LogP contribution in [0.3, 0.4) is 0 Å². The summed E-state index contributed by atoms with van der Waals surface area (Å²) in [5, 5.41) is 9.54. The first-order chi connectivity index (χ1) is 7.87. The molecule has 0 aromatic heterocycles. The topological polar surface area (TPSA) is 46.5 Å². The van der Waals surface area contributed by atoms with Gasteiger partial charge in [-0.3, -0.25) is 4.79 Å². The molecule has 0 heterocycles. The summed E-state index contributed by atoms with van der Waals surface area (Å²) in [6.07, 6.45) is 0.684. The SMILES string of the molecule is COc1cccc(C2(C(=O)O)CC2(C)C)c1C. The molecule has 0 spiro atoms. The summed E-state index contributed by atoms with van der Waals surface area (Å²) in [6.45, 7) is 5.92. The molecule has 1 atom stereocenters. The molecule has 1 aliphatic rings. The summed E-state index contributed by atoms with van der Waals surface area (Å²) in [4.78, 5) is 11.6. The number of carboxylic acid groups (broad SMARTS) is 1. The highest BCUT2D eigenvalue weighted by molar-refractivity contribution is 5.88. The minimum Gasteiger partial charge on any atom is -0.496 e. The molecule has 1 saturated carbocycles. The van der Waals surface area contributed by atoms with Crippen molar-refractivity contribution in [3.63, 3.8) is 0 Å². The summed E-state index contributed by atoms with van der Waals surface area (Å²) in [5.74, 6) is 0.0182. The van der Waals surface area contributed by atoms with Crippen molar-refractivity contribution in [2.24, 2.45) is 5.41 Å². The van der Waals surface area contributed by atoms with Crippen molar-refractivity contribution in [3.8, 4) is 5.75 Å². The molecule has 92 valence electrons. The molecule has 0 bridgehead atoms. The summed E-state index contributed by atoms with van der Waals surface area (Å²) in [6, 6.07) is 5.63. The predicted molar refractivity (Wildman–Crippen MR) is 65.4 cm³/mol. The van der Waals surface area contributed by atoms with Crippen molar-refractivity contribution in [3.05, 3.63) is 29.3 Å². The number of hydrogen-bond acceptors (Lipinski definition) is 2. The van der Waals surface area contributed by atoms with E-state index in [1.54, 1.807) is 7.11 Å². The summed E-state index contributed by atoms with van der Waals surface area (Å²) < 4.78 is 5.26. The molecular weight excluding hydrogens is 216 g/mol. The Morgan fingerprint density at radius 1 is 1.41 bits per heavy atom. The fourth-order valence-electron chi connectivity index (χ4n) is 2.86. The molecule has 1 fully saturated rings. The lowest BCUT2D eigenvalue weighted by molar-refractivity contribution is -0.141. The lowest BCUT2D eigenvalue weighted by atomic mass is 9.85. The normalized spacial score (nSPS) is 25.4. The predicted octanol–water partition coefficient (Wildman–Crippen LogP) is 2.76. The van der Waals surface area contributed by atoms with Crippen molar-refractivity contribution >= 4 is 5.97 Å². The van der Waals surface area contributed by atoms with Crippen LogP contribution < -0.4 is 4.74 Å². The van der Waals surface area contributed by atoms with Gasteiger partial charge >= 0.3 is 5.97 Å². The number of ether oxygens (including phenoxy) is 1. The number of methoxy groups -OCH3 is 1. The molecule has 1 aliphatic carbocycles. The first kappa shape index (κ1) is 12.0. The highest BCUT2D eigenvalue weighted by atomic mass is 16.5. The van der Waals surface area contributed by atoms with Gasteiger partial charge in [0.05, 0.1) is 12.5 Å². The van der Waals surface area contributed by atoms with Gasteiger partial charge < -0.3 is 9.84 Å². The van der Waals surface area contributed by atoms with Crippen LogP contribution in [0.1, 0.15) is 31.4 Å². The van der Waals surface area contributed by atoms with Gasteiger partial charge in [-0.1, -0.05) is 26.0 Å². The van der Waals surface area contributed by atoms with Crippen molar-refractivity contribution in [1.82, 2.24) is 0 Å². The van der Waals surface area contributed by atoms with E-state index in [0.29, 0.717) is 6.42 Å². The fourth-order valence-corrected chi connectivity index (χ4v) is 2.86. The average molecular weight is 234 g/mol. The third-order valence-electron chi connectivity index (χ3n) is 4.07. The van der Waals surface area contributed by atoms with Gasteiger partial charge in [0.25, 0.3) is 0 Å². The Bertz CT molecular complexity index is 476. The molecule has 0 radical (unpaired) electrons. The Labute approximate surface area is 101 Å². The molecule has 2 rings (SSSR count). The van der Waals surface area contributed by atoms with Crippen molar-refractivity contribution < 1.29 is 14.6 Å². The monoisotopic (exact) mass is 234 g/mol. The van der Waals surface area contributed by atoms with Crippen LogP contribution in [0.2, 0.25) is 0 Å². The van der Waals surface area contributed by atoms with Crippen molar-refractivity contribution in [2.45, 2.75) is 32.6 Å². The minimum absolute atomic E-state index is 0.185. The average Bonchev–Trinajstić information content (AvgIpc) is 2.83. The molecule has 3 heteroatoms. The van der Waals surface area contributed by atoms with E-state index in [2.05, 4.69) is 0 Å².